The first kappa shape index (κ1) is 20.3. The van der Waals surface area contributed by atoms with Crippen LogP contribution in [0.5, 0.6) is 0 Å². The second-order valence-corrected chi connectivity index (χ2v) is 7.72. The van der Waals surface area contributed by atoms with Gasteiger partial charge in [0.2, 0.25) is 5.91 Å². The maximum Gasteiger partial charge on any atom is 0.267 e. The SMILES string of the molecule is Cc1cc(=O)n(CC(=O)N2CCC([C@@H](O)CCc3ccccc3)CC2)nc1C. The largest absolute Gasteiger partial charge is 0.393 e. The summed E-state index contributed by atoms with van der Waals surface area (Å²) in [7, 11) is 0. The lowest BCUT2D eigenvalue weighted by Gasteiger charge is -2.34. The molecule has 0 bridgehead atoms. The molecule has 2 aromatic rings. The number of aliphatic hydroxyl groups is 1. The molecular formula is C22H29N3O3. The summed E-state index contributed by atoms with van der Waals surface area (Å²) in [6, 6.07) is 11.7. The molecule has 1 saturated heterocycles. The number of rotatable bonds is 6. The van der Waals surface area contributed by atoms with Gasteiger partial charge in [-0.2, -0.15) is 5.10 Å². The molecule has 28 heavy (non-hydrogen) atoms. The standard InChI is InChI=1S/C22H29N3O3/c1-16-14-21(27)25(23-17(16)2)15-22(28)24-12-10-19(11-13-24)20(26)9-8-18-6-4-3-5-7-18/h3-7,14,19-20,26H,8-13,15H2,1-2H3/t20-/m0/s1. The molecule has 0 aliphatic carbocycles. The summed E-state index contributed by atoms with van der Waals surface area (Å²) in [5, 5.41) is 14.7. The fraction of sp³-hybridized carbons (Fsp3) is 0.500. The number of amides is 1. The van der Waals surface area contributed by atoms with Crippen LogP contribution in [0.3, 0.4) is 0 Å². The van der Waals surface area contributed by atoms with Crippen molar-refractivity contribution in [3.63, 3.8) is 0 Å². The van der Waals surface area contributed by atoms with E-state index in [1.165, 1.54) is 16.3 Å². The lowest BCUT2D eigenvalue weighted by atomic mass is 9.88. The average molecular weight is 383 g/mol. The molecule has 1 amide bonds. The molecule has 6 nitrogen and oxygen atoms in total. The van der Waals surface area contributed by atoms with Gasteiger partial charge in [0, 0.05) is 19.2 Å². The Kier molecular flexibility index (Phi) is 6.62. The van der Waals surface area contributed by atoms with Gasteiger partial charge in [0.05, 0.1) is 11.8 Å². The molecule has 1 aromatic carbocycles. The van der Waals surface area contributed by atoms with Gasteiger partial charge in [-0.05, 0) is 56.6 Å². The van der Waals surface area contributed by atoms with Crippen molar-refractivity contribution in [1.82, 2.24) is 14.7 Å². The van der Waals surface area contributed by atoms with E-state index in [2.05, 4.69) is 17.2 Å². The minimum absolute atomic E-state index is 0.0266. The van der Waals surface area contributed by atoms with Crippen molar-refractivity contribution in [3.8, 4) is 0 Å². The Labute approximate surface area is 165 Å². The number of carbonyl (C=O) groups is 1. The van der Waals surface area contributed by atoms with Crippen molar-refractivity contribution in [1.29, 1.82) is 0 Å². The Bertz CT molecular complexity index is 855. The maximum atomic E-state index is 12.6. The minimum Gasteiger partial charge on any atom is -0.393 e. The van der Waals surface area contributed by atoms with Crippen LogP contribution in [0.1, 0.15) is 36.1 Å². The van der Waals surface area contributed by atoms with Gasteiger partial charge in [0.25, 0.3) is 5.56 Å². The van der Waals surface area contributed by atoms with Crippen LogP contribution >= 0.6 is 0 Å². The second-order valence-electron chi connectivity index (χ2n) is 7.72. The third-order valence-corrected chi connectivity index (χ3v) is 5.73. The van der Waals surface area contributed by atoms with Gasteiger partial charge in [-0.1, -0.05) is 30.3 Å². The monoisotopic (exact) mass is 383 g/mol. The molecule has 1 atom stereocenters. The van der Waals surface area contributed by atoms with E-state index in [4.69, 9.17) is 0 Å². The normalized spacial score (nSPS) is 16.2. The van der Waals surface area contributed by atoms with E-state index in [1.54, 1.807) is 4.90 Å². The van der Waals surface area contributed by atoms with E-state index in [1.807, 2.05) is 32.0 Å². The van der Waals surface area contributed by atoms with Crippen molar-refractivity contribution in [2.45, 2.75) is 52.2 Å². The average Bonchev–Trinajstić information content (AvgIpc) is 2.71. The Hall–Kier alpha value is -2.47. The molecule has 1 aliphatic rings. The highest BCUT2D eigenvalue weighted by atomic mass is 16.3. The third kappa shape index (κ3) is 5.07. The van der Waals surface area contributed by atoms with Crippen molar-refractivity contribution in [2.24, 2.45) is 5.92 Å². The fourth-order valence-electron chi connectivity index (χ4n) is 3.74. The van der Waals surface area contributed by atoms with E-state index in [0.717, 1.165) is 36.9 Å². The van der Waals surface area contributed by atoms with Crippen molar-refractivity contribution in [2.75, 3.05) is 13.1 Å². The van der Waals surface area contributed by atoms with E-state index in [9.17, 15) is 14.7 Å². The quantitative estimate of drug-likeness (QED) is 0.829. The molecular weight excluding hydrogens is 354 g/mol. The fourth-order valence-corrected chi connectivity index (χ4v) is 3.74. The van der Waals surface area contributed by atoms with Crippen LogP contribution in [-0.2, 0) is 17.8 Å². The van der Waals surface area contributed by atoms with Crippen LogP contribution in [0.4, 0.5) is 0 Å². The summed E-state index contributed by atoms with van der Waals surface area (Å²) in [4.78, 5) is 26.4. The smallest absolute Gasteiger partial charge is 0.267 e. The van der Waals surface area contributed by atoms with Crippen LogP contribution in [-0.4, -0.2) is 44.9 Å². The number of benzene rings is 1. The minimum atomic E-state index is -0.346. The van der Waals surface area contributed by atoms with Gasteiger partial charge >= 0.3 is 0 Å². The van der Waals surface area contributed by atoms with Gasteiger partial charge in [-0.15, -0.1) is 0 Å². The second kappa shape index (κ2) is 9.15. The number of hydrogen-bond acceptors (Lipinski definition) is 4. The number of hydrogen-bond donors (Lipinski definition) is 1. The summed E-state index contributed by atoms with van der Waals surface area (Å²) in [6.07, 6.45) is 2.84. The lowest BCUT2D eigenvalue weighted by molar-refractivity contribution is -0.134. The Morgan fingerprint density at radius 1 is 1.21 bits per heavy atom. The molecule has 0 spiro atoms. The zero-order valence-electron chi connectivity index (χ0n) is 16.7. The van der Waals surface area contributed by atoms with E-state index in [-0.39, 0.29) is 30.0 Å². The predicted molar refractivity (Wildman–Crippen MR) is 108 cm³/mol. The summed E-state index contributed by atoms with van der Waals surface area (Å²) in [5.74, 6) is 0.130. The van der Waals surface area contributed by atoms with Crippen LogP contribution in [0.15, 0.2) is 41.2 Å². The molecule has 1 fully saturated rings. The predicted octanol–water partition coefficient (Wildman–Crippen LogP) is 2.09. The van der Waals surface area contributed by atoms with Gasteiger partial charge < -0.3 is 10.0 Å². The van der Waals surface area contributed by atoms with Crippen molar-refractivity contribution < 1.29 is 9.90 Å². The van der Waals surface area contributed by atoms with Crippen LogP contribution in [0.25, 0.3) is 0 Å². The Balaban J connectivity index is 1.48. The molecule has 150 valence electrons. The number of nitrogens with zero attached hydrogens (tertiary/aromatic N) is 3. The highest BCUT2D eigenvalue weighted by Gasteiger charge is 2.27. The number of piperidine rings is 1. The van der Waals surface area contributed by atoms with Crippen LogP contribution < -0.4 is 5.56 Å². The van der Waals surface area contributed by atoms with Gasteiger partial charge in [0.1, 0.15) is 6.54 Å². The Morgan fingerprint density at radius 3 is 2.57 bits per heavy atom. The van der Waals surface area contributed by atoms with E-state index >= 15 is 0 Å². The molecule has 1 N–H and O–H groups in total. The first-order valence-corrected chi connectivity index (χ1v) is 9.99. The third-order valence-electron chi connectivity index (χ3n) is 5.73. The summed E-state index contributed by atoms with van der Waals surface area (Å²) >= 11 is 0. The molecule has 1 aromatic heterocycles. The number of aryl methyl sites for hydroxylation is 3. The molecule has 0 radical (unpaired) electrons. The zero-order valence-corrected chi connectivity index (χ0v) is 16.7. The summed E-state index contributed by atoms with van der Waals surface area (Å²) < 4.78 is 1.24. The van der Waals surface area contributed by atoms with Gasteiger partial charge in [0.15, 0.2) is 0 Å². The summed E-state index contributed by atoms with van der Waals surface area (Å²) in [6.45, 7) is 4.88. The van der Waals surface area contributed by atoms with Crippen molar-refractivity contribution in [3.05, 3.63) is 63.6 Å². The topological polar surface area (TPSA) is 75.4 Å². The highest BCUT2D eigenvalue weighted by molar-refractivity contribution is 5.76. The van der Waals surface area contributed by atoms with Gasteiger partial charge in [-0.3, -0.25) is 9.59 Å². The van der Waals surface area contributed by atoms with E-state index in [0.29, 0.717) is 13.1 Å². The molecule has 0 saturated carbocycles. The number of aliphatic hydroxyl groups excluding tert-OH is 1. The first-order chi connectivity index (χ1) is 13.4. The molecule has 6 heteroatoms. The maximum absolute atomic E-state index is 12.6. The number of likely N-dealkylation sites (tertiary alicyclic amines) is 1. The molecule has 1 aliphatic heterocycles. The van der Waals surface area contributed by atoms with Gasteiger partial charge in [-0.25, -0.2) is 4.68 Å². The van der Waals surface area contributed by atoms with Crippen LogP contribution in [0.2, 0.25) is 0 Å². The first-order valence-electron chi connectivity index (χ1n) is 9.99. The highest BCUT2D eigenvalue weighted by Crippen LogP contribution is 2.23. The number of carbonyl (C=O) groups excluding carboxylic acids is 1. The lowest BCUT2D eigenvalue weighted by Crippen LogP contribution is -2.44. The van der Waals surface area contributed by atoms with Crippen LogP contribution in [0, 0.1) is 19.8 Å². The molecule has 2 heterocycles. The molecule has 0 unspecified atom stereocenters. The molecule has 3 rings (SSSR count). The summed E-state index contributed by atoms with van der Waals surface area (Å²) in [5.41, 5.74) is 2.58. The number of aromatic nitrogens is 2. The van der Waals surface area contributed by atoms with Crippen molar-refractivity contribution >= 4 is 5.91 Å². The van der Waals surface area contributed by atoms with E-state index < -0.39 is 0 Å². The zero-order chi connectivity index (χ0) is 20.1. The Morgan fingerprint density at radius 2 is 1.89 bits per heavy atom.